The third-order valence-corrected chi connectivity index (χ3v) is 3.36. The lowest BCUT2D eigenvalue weighted by Crippen LogP contribution is -2.47. The van der Waals surface area contributed by atoms with Crippen molar-refractivity contribution in [2.24, 2.45) is 0 Å². The van der Waals surface area contributed by atoms with Gasteiger partial charge in [-0.05, 0) is 37.1 Å². The molecule has 1 atom stereocenters. The molecule has 0 aromatic carbocycles. The summed E-state index contributed by atoms with van der Waals surface area (Å²) in [6, 6.07) is 3.45. The fraction of sp³-hybridized carbons (Fsp3) is 0.538. The van der Waals surface area contributed by atoms with Gasteiger partial charge in [-0.25, -0.2) is 0 Å². The lowest BCUT2D eigenvalue weighted by molar-refractivity contribution is -0.124. The van der Waals surface area contributed by atoms with E-state index in [0.717, 1.165) is 6.42 Å². The molecule has 0 aliphatic heterocycles. The van der Waals surface area contributed by atoms with Crippen molar-refractivity contribution in [1.29, 1.82) is 0 Å². The molecule has 8 heteroatoms. The van der Waals surface area contributed by atoms with Crippen molar-refractivity contribution in [2.75, 3.05) is 6.61 Å². The zero-order valence-corrected chi connectivity index (χ0v) is 12.1. The Morgan fingerprint density at radius 3 is 3.00 bits per heavy atom. The van der Waals surface area contributed by atoms with Crippen molar-refractivity contribution >= 4 is 5.91 Å². The molecule has 0 bridgehead atoms. The van der Waals surface area contributed by atoms with Gasteiger partial charge in [-0.1, -0.05) is 6.92 Å². The molecule has 0 saturated heterocycles. The normalized spacial score (nSPS) is 13.9. The number of tetrazole rings is 1. The van der Waals surface area contributed by atoms with Crippen LogP contribution in [-0.4, -0.2) is 43.4 Å². The van der Waals surface area contributed by atoms with Crippen LogP contribution >= 0.6 is 0 Å². The Bertz CT molecular complexity index is 580. The van der Waals surface area contributed by atoms with Gasteiger partial charge in [0.25, 0.3) is 0 Å². The van der Waals surface area contributed by atoms with Crippen molar-refractivity contribution in [3.63, 3.8) is 0 Å². The number of furan rings is 1. The highest BCUT2D eigenvalue weighted by Crippen LogP contribution is 2.14. The second kappa shape index (κ2) is 6.49. The summed E-state index contributed by atoms with van der Waals surface area (Å²) in [5.74, 6) is 0.609. The van der Waals surface area contributed by atoms with E-state index in [9.17, 15) is 4.79 Å². The Kier molecular flexibility index (Phi) is 4.69. The van der Waals surface area contributed by atoms with Crippen LogP contribution in [-0.2, 0) is 11.3 Å². The van der Waals surface area contributed by atoms with E-state index < -0.39 is 5.54 Å². The van der Waals surface area contributed by atoms with E-state index in [1.165, 1.54) is 11.1 Å². The van der Waals surface area contributed by atoms with Crippen LogP contribution in [0, 0.1) is 0 Å². The van der Waals surface area contributed by atoms with E-state index in [4.69, 9.17) is 9.52 Å². The van der Waals surface area contributed by atoms with Gasteiger partial charge in [0.05, 0.1) is 6.26 Å². The molecular formula is C13H19N5O3. The Labute approximate surface area is 122 Å². The minimum atomic E-state index is -0.434. The number of hydrogen-bond acceptors (Lipinski definition) is 6. The minimum absolute atomic E-state index is 0.0227. The van der Waals surface area contributed by atoms with E-state index in [0.29, 0.717) is 18.0 Å². The highest BCUT2D eigenvalue weighted by molar-refractivity contribution is 5.76. The molecule has 0 aliphatic rings. The first-order chi connectivity index (χ1) is 10.1. The maximum atomic E-state index is 12.0. The van der Waals surface area contributed by atoms with Gasteiger partial charge in [-0.15, -0.1) is 10.2 Å². The lowest BCUT2D eigenvalue weighted by atomic mass is 9.95. The average molecular weight is 293 g/mol. The molecule has 0 fully saturated rings. The van der Waals surface area contributed by atoms with E-state index in [1.807, 2.05) is 13.8 Å². The van der Waals surface area contributed by atoms with Crippen LogP contribution < -0.4 is 5.32 Å². The maximum absolute atomic E-state index is 12.0. The van der Waals surface area contributed by atoms with E-state index in [2.05, 4.69) is 20.7 Å². The Balaban J connectivity index is 1.97. The maximum Gasteiger partial charge on any atom is 0.244 e. The van der Waals surface area contributed by atoms with Gasteiger partial charge in [0.2, 0.25) is 11.7 Å². The monoisotopic (exact) mass is 293 g/mol. The predicted octanol–water partition coefficient (Wildman–Crippen LogP) is 0.600. The summed E-state index contributed by atoms with van der Waals surface area (Å²) in [7, 11) is 0. The third-order valence-electron chi connectivity index (χ3n) is 3.36. The summed E-state index contributed by atoms with van der Waals surface area (Å²) in [6.45, 7) is 3.84. The first-order valence-corrected chi connectivity index (χ1v) is 6.80. The first-order valence-electron chi connectivity index (χ1n) is 6.80. The van der Waals surface area contributed by atoms with Crippen LogP contribution in [0.5, 0.6) is 0 Å². The third kappa shape index (κ3) is 3.88. The van der Waals surface area contributed by atoms with Gasteiger partial charge < -0.3 is 14.8 Å². The predicted molar refractivity (Wildman–Crippen MR) is 74.1 cm³/mol. The molecule has 1 amide bonds. The van der Waals surface area contributed by atoms with Crippen molar-refractivity contribution < 1.29 is 14.3 Å². The number of hydrogen-bond donors (Lipinski definition) is 2. The van der Waals surface area contributed by atoms with Gasteiger partial charge in [0.1, 0.15) is 6.54 Å². The summed E-state index contributed by atoms with van der Waals surface area (Å²) in [4.78, 5) is 13.2. The van der Waals surface area contributed by atoms with Crippen LogP contribution in [0.4, 0.5) is 0 Å². The quantitative estimate of drug-likeness (QED) is 0.774. The smallest absolute Gasteiger partial charge is 0.244 e. The molecule has 1 unspecified atom stereocenters. The SMILES string of the molecule is CCC(C)(CCO)NC(=O)Cn1nnc(-c2ccco2)n1. The molecule has 0 aliphatic carbocycles. The zero-order valence-electron chi connectivity index (χ0n) is 12.1. The summed E-state index contributed by atoms with van der Waals surface area (Å²) < 4.78 is 5.16. The largest absolute Gasteiger partial charge is 0.461 e. The number of amides is 1. The Morgan fingerprint density at radius 2 is 2.38 bits per heavy atom. The second-order valence-corrected chi connectivity index (χ2v) is 5.06. The van der Waals surface area contributed by atoms with E-state index in [1.54, 1.807) is 12.1 Å². The van der Waals surface area contributed by atoms with Crippen molar-refractivity contribution in [3.8, 4) is 11.6 Å². The molecule has 8 nitrogen and oxygen atoms in total. The molecule has 21 heavy (non-hydrogen) atoms. The summed E-state index contributed by atoms with van der Waals surface area (Å²) in [5.41, 5.74) is -0.434. The number of aliphatic hydroxyl groups excluding tert-OH is 1. The number of aliphatic hydroxyl groups is 1. The second-order valence-electron chi connectivity index (χ2n) is 5.06. The van der Waals surface area contributed by atoms with E-state index in [-0.39, 0.29) is 19.1 Å². The van der Waals surface area contributed by atoms with Crippen molar-refractivity contribution in [1.82, 2.24) is 25.5 Å². The number of nitrogens with one attached hydrogen (secondary N) is 1. The molecule has 114 valence electrons. The first kappa shape index (κ1) is 15.2. The van der Waals surface area contributed by atoms with Crippen LogP contribution in [0.3, 0.4) is 0 Å². The standard InChI is InChI=1S/C13H19N5O3/c1-3-13(2,6-7-19)14-11(20)9-18-16-12(15-17-18)10-5-4-8-21-10/h4-5,8,19H,3,6-7,9H2,1-2H3,(H,14,20). The molecule has 2 heterocycles. The fourth-order valence-electron chi connectivity index (χ4n) is 1.89. The zero-order chi connectivity index (χ0) is 15.3. The van der Waals surface area contributed by atoms with Gasteiger partial charge in [0, 0.05) is 12.1 Å². The minimum Gasteiger partial charge on any atom is -0.461 e. The van der Waals surface area contributed by atoms with Gasteiger partial charge in [-0.2, -0.15) is 4.80 Å². The molecule has 0 radical (unpaired) electrons. The fourth-order valence-corrected chi connectivity index (χ4v) is 1.89. The van der Waals surface area contributed by atoms with Crippen molar-refractivity contribution in [2.45, 2.75) is 38.8 Å². The van der Waals surface area contributed by atoms with Crippen LogP contribution in [0.1, 0.15) is 26.7 Å². The number of aromatic nitrogens is 4. The molecule has 2 rings (SSSR count). The number of carbonyl (C=O) groups is 1. The summed E-state index contributed by atoms with van der Waals surface area (Å²) >= 11 is 0. The van der Waals surface area contributed by atoms with Crippen LogP contribution in [0.15, 0.2) is 22.8 Å². The molecule has 2 aromatic rings. The Hall–Kier alpha value is -2.22. The lowest BCUT2D eigenvalue weighted by Gasteiger charge is -2.28. The number of rotatable bonds is 7. The highest BCUT2D eigenvalue weighted by Gasteiger charge is 2.24. The number of carbonyl (C=O) groups excluding carboxylic acids is 1. The molecule has 2 N–H and O–H groups in total. The number of nitrogens with zero attached hydrogens (tertiary/aromatic N) is 4. The van der Waals surface area contributed by atoms with Gasteiger partial charge in [0.15, 0.2) is 5.76 Å². The van der Waals surface area contributed by atoms with Gasteiger partial charge >= 0.3 is 0 Å². The van der Waals surface area contributed by atoms with Crippen LogP contribution in [0.2, 0.25) is 0 Å². The highest BCUT2D eigenvalue weighted by atomic mass is 16.3. The van der Waals surface area contributed by atoms with E-state index >= 15 is 0 Å². The summed E-state index contributed by atoms with van der Waals surface area (Å²) in [5, 5.41) is 23.7. The molecule has 2 aromatic heterocycles. The topological polar surface area (TPSA) is 106 Å². The Morgan fingerprint density at radius 1 is 1.57 bits per heavy atom. The average Bonchev–Trinajstić information content (AvgIpc) is 3.09. The van der Waals surface area contributed by atoms with Crippen LogP contribution in [0.25, 0.3) is 11.6 Å². The summed E-state index contributed by atoms with van der Waals surface area (Å²) in [6.07, 6.45) is 2.74. The molecule has 0 saturated carbocycles. The van der Waals surface area contributed by atoms with Gasteiger partial charge in [-0.3, -0.25) is 4.79 Å². The van der Waals surface area contributed by atoms with Crippen molar-refractivity contribution in [3.05, 3.63) is 18.4 Å². The molecular weight excluding hydrogens is 274 g/mol. The molecule has 0 spiro atoms.